The Morgan fingerprint density at radius 3 is 2.87 bits per heavy atom. The molecule has 2 aliphatic heterocycles. The van der Waals surface area contributed by atoms with E-state index in [2.05, 4.69) is 15.5 Å². The number of likely N-dealkylation sites (tertiary alicyclic amines) is 1. The summed E-state index contributed by atoms with van der Waals surface area (Å²) in [5.74, 6) is 1.95. The van der Waals surface area contributed by atoms with Gasteiger partial charge in [-0.2, -0.15) is 4.98 Å². The fraction of sp³-hybridized carbons (Fsp3) is 0.591. The van der Waals surface area contributed by atoms with Crippen molar-refractivity contribution in [2.24, 2.45) is 5.92 Å². The van der Waals surface area contributed by atoms with Crippen LogP contribution in [0.1, 0.15) is 43.3 Å². The number of nitrogens with one attached hydrogen (secondary N) is 1. The quantitative estimate of drug-likeness (QED) is 0.698. The third kappa shape index (κ3) is 5.79. The third-order valence-corrected chi connectivity index (χ3v) is 5.73. The molecule has 0 spiro atoms. The molecular formula is C22H30N4O4. The first-order valence-electron chi connectivity index (χ1n) is 10.9. The predicted molar refractivity (Wildman–Crippen MR) is 111 cm³/mol. The summed E-state index contributed by atoms with van der Waals surface area (Å²) in [4.78, 5) is 19.0. The molecule has 2 fully saturated rings. The van der Waals surface area contributed by atoms with E-state index in [4.69, 9.17) is 14.0 Å². The van der Waals surface area contributed by atoms with Crippen LogP contribution in [0.4, 0.5) is 10.5 Å². The molecule has 1 atom stereocenters. The minimum absolute atomic E-state index is 0.0738. The Morgan fingerprint density at radius 2 is 2.03 bits per heavy atom. The summed E-state index contributed by atoms with van der Waals surface area (Å²) < 4.78 is 16.7. The van der Waals surface area contributed by atoms with Crippen molar-refractivity contribution in [2.75, 3.05) is 44.8 Å². The maximum Gasteiger partial charge on any atom is 0.321 e. The largest absolute Gasteiger partial charge is 0.381 e. The van der Waals surface area contributed by atoms with Gasteiger partial charge in [-0.25, -0.2) is 4.79 Å². The van der Waals surface area contributed by atoms with Crippen LogP contribution in [0.15, 0.2) is 34.9 Å². The van der Waals surface area contributed by atoms with Crippen molar-refractivity contribution in [3.63, 3.8) is 0 Å². The van der Waals surface area contributed by atoms with Gasteiger partial charge in [0.2, 0.25) is 5.89 Å². The molecule has 0 bridgehead atoms. The van der Waals surface area contributed by atoms with Gasteiger partial charge in [-0.05, 0) is 43.7 Å². The van der Waals surface area contributed by atoms with Crippen LogP contribution in [0, 0.1) is 5.92 Å². The number of rotatable bonds is 7. The normalized spacial score (nSPS) is 20.3. The van der Waals surface area contributed by atoms with Crippen molar-refractivity contribution in [2.45, 2.75) is 38.0 Å². The van der Waals surface area contributed by atoms with Crippen molar-refractivity contribution in [1.29, 1.82) is 0 Å². The number of aromatic nitrogens is 2. The molecule has 8 nitrogen and oxygen atoms in total. The predicted octanol–water partition coefficient (Wildman–Crippen LogP) is 3.47. The van der Waals surface area contributed by atoms with Crippen molar-refractivity contribution in [1.82, 2.24) is 15.0 Å². The fourth-order valence-corrected chi connectivity index (χ4v) is 3.95. The molecule has 4 rings (SSSR count). The van der Waals surface area contributed by atoms with Crippen LogP contribution in [0.5, 0.6) is 0 Å². The Kier molecular flexibility index (Phi) is 7.31. The van der Waals surface area contributed by atoms with Crippen molar-refractivity contribution < 1.29 is 18.8 Å². The topological polar surface area (TPSA) is 89.7 Å². The summed E-state index contributed by atoms with van der Waals surface area (Å²) in [6.07, 6.45) is 4.64. The van der Waals surface area contributed by atoms with Gasteiger partial charge < -0.3 is 24.2 Å². The first-order chi connectivity index (χ1) is 14.8. The summed E-state index contributed by atoms with van der Waals surface area (Å²) >= 11 is 0. The lowest BCUT2D eigenvalue weighted by Crippen LogP contribution is -2.41. The number of amides is 2. The minimum Gasteiger partial charge on any atom is -0.381 e. The number of piperidine rings is 1. The van der Waals surface area contributed by atoms with Gasteiger partial charge in [0.1, 0.15) is 0 Å². The average Bonchev–Trinajstić information content (AvgIpc) is 3.27. The number of nitrogens with zero attached hydrogens (tertiary/aromatic N) is 3. The monoisotopic (exact) mass is 414 g/mol. The number of para-hydroxylation sites is 1. The Hall–Kier alpha value is -2.45. The van der Waals surface area contributed by atoms with Crippen LogP contribution in [-0.4, -0.2) is 60.6 Å². The van der Waals surface area contributed by atoms with Crippen LogP contribution in [0.25, 0.3) is 0 Å². The van der Waals surface area contributed by atoms with Crippen LogP contribution in [0.3, 0.4) is 0 Å². The van der Waals surface area contributed by atoms with E-state index in [0.29, 0.717) is 37.2 Å². The second-order valence-electron chi connectivity index (χ2n) is 8.01. The summed E-state index contributed by atoms with van der Waals surface area (Å²) in [5.41, 5.74) is 0.797. The maximum absolute atomic E-state index is 12.6. The highest BCUT2D eigenvalue weighted by Crippen LogP contribution is 2.26. The number of carbonyl (C=O) groups excluding carboxylic acids is 1. The number of hydrogen-bond acceptors (Lipinski definition) is 6. The van der Waals surface area contributed by atoms with Crippen LogP contribution in [-0.2, 0) is 15.9 Å². The van der Waals surface area contributed by atoms with Gasteiger partial charge in [0.25, 0.3) is 0 Å². The zero-order valence-electron chi connectivity index (χ0n) is 17.3. The van der Waals surface area contributed by atoms with Crippen molar-refractivity contribution in [3.8, 4) is 0 Å². The molecule has 1 unspecified atom stereocenters. The van der Waals surface area contributed by atoms with Crippen LogP contribution < -0.4 is 5.32 Å². The molecule has 2 aromatic rings. The SMILES string of the molecule is O=C(Nc1ccccc1)N1CCCC(c2nc(CCOCC3CCOCC3)no2)C1. The number of benzene rings is 1. The standard InChI is InChI=1S/C22H30N4O4/c27-22(23-19-6-2-1-3-7-19)26-11-4-5-18(15-26)21-24-20(25-30-21)10-14-29-16-17-8-12-28-13-9-17/h1-3,6-7,17-18H,4-5,8-16H2,(H,23,27). The lowest BCUT2D eigenvalue weighted by atomic mass is 9.98. The van der Waals surface area contributed by atoms with E-state index in [-0.39, 0.29) is 11.9 Å². The molecule has 1 aromatic carbocycles. The highest BCUT2D eigenvalue weighted by molar-refractivity contribution is 5.89. The van der Waals surface area contributed by atoms with Crippen molar-refractivity contribution >= 4 is 11.7 Å². The molecule has 30 heavy (non-hydrogen) atoms. The lowest BCUT2D eigenvalue weighted by Gasteiger charge is -2.31. The number of hydrogen-bond donors (Lipinski definition) is 1. The number of urea groups is 1. The zero-order chi connectivity index (χ0) is 20.6. The molecule has 0 aliphatic carbocycles. The Bertz CT molecular complexity index is 791. The molecule has 3 heterocycles. The highest BCUT2D eigenvalue weighted by atomic mass is 16.5. The molecule has 1 aromatic heterocycles. The first-order valence-corrected chi connectivity index (χ1v) is 10.9. The van der Waals surface area contributed by atoms with Gasteiger partial charge >= 0.3 is 6.03 Å². The molecule has 2 amide bonds. The fourth-order valence-electron chi connectivity index (χ4n) is 3.95. The van der Waals surface area contributed by atoms with Crippen LogP contribution >= 0.6 is 0 Å². The van der Waals surface area contributed by atoms with E-state index in [9.17, 15) is 4.79 Å². The molecule has 2 aliphatic rings. The van der Waals surface area contributed by atoms with E-state index in [0.717, 1.165) is 57.7 Å². The number of anilines is 1. The molecule has 8 heteroatoms. The Balaban J connectivity index is 1.23. The van der Waals surface area contributed by atoms with E-state index >= 15 is 0 Å². The summed E-state index contributed by atoms with van der Waals surface area (Å²) in [7, 11) is 0. The number of ether oxygens (including phenoxy) is 2. The molecular weight excluding hydrogens is 384 g/mol. The van der Waals surface area contributed by atoms with Gasteiger partial charge in [0.15, 0.2) is 5.82 Å². The van der Waals surface area contributed by atoms with E-state index < -0.39 is 0 Å². The Morgan fingerprint density at radius 1 is 1.20 bits per heavy atom. The smallest absolute Gasteiger partial charge is 0.321 e. The molecule has 1 N–H and O–H groups in total. The maximum atomic E-state index is 12.6. The van der Waals surface area contributed by atoms with Gasteiger partial charge in [-0.1, -0.05) is 23.4 Å². The second-order valence-corrected chi connectivity index (χ2v) is 8.01. The van der Waals surface area contributed by atoms with Gasteiger partial charge in [-0.3, -0.25) is 0 Å². The summed E-state index contributed by atoms with van der Waals surface area (Å²) in [6, 6.07) is 9.41. The molecule has 162 valence electrons. The summed E-state index contributed by atoms with van der Waals surface area (Å²) in [5, 5.41) is 7.05. The van der Waals surface area contributed by atoms with E-state index in [1.165, 1.54) is 0 Å². The van der Waals surface area contributed by atoms with Gasteiger partial charge in [0, 0.05) is 45.0 Å². The molecule has 0 saturated carbocycles. The Labute approximate surface area is 176 Å². The average molecular weight is 415 g/mol. The van der Waals surface area contributed by atoms with Gasteiger partial charge in [-0.15, -0.1) is 0 Å². The second kappa shape index (κ2) is 10.5. The first kappa shape index (κ1) is 20.8. The van der Waals surface area contributed by atoms with E-state index in [1.54, 1.807) is 0 Å². The molecule has 0 radical (unpaired) electrons. The van der Waals surface area contributed by atoms with E-state index in [1.807, 2.05) is 35.2 Å². The molecule has 2 saturated heterocycles. The van der Waals surface area contributed by atoms with Crippen LogP contribution in [0.2, 0.25) is 0 Å². The van der Waals surface area contributed by atoms with Crippen molar-refractivity contribution in [3.05, 3.63) is 42.0 Å². The lowest BCUT2D eigenvalue weighted by molar-refractivity contribution is 0.0211. The summed E-state index contributed by atoms with van der Waals surface area (Å²) in [6.45, 7) is 4.35. The van der Waals surface area contributed by atoms with Gasteiger partial charge in [0.05, 0.1) is 12.5 Å². The minimum atomic E-state index is -0.0906. The third-order valence-electron chi connectivity index (χ3n) is 5.73. The highest BCUT2D eigenvalue weighted by Gasteiger charge is 2.28. The zero-order valence-corrected chi connectivity index (χ0v) is 17.3. The number of carbonyl (C=O) groups is 1.